The minimum Gasteiger partial charge on any atom is -0.419 e. The summed E-state index contributed by atoms with van der Waals surface area (Å²) in [6, 6.07) is 0. The van der Waals surface area contributed by atoms with Crippen molar-refractivity contribution >= 4 is 5.97 Å². The standard InChI is InChI=1S/C12H9F5O5/c1-12(2-20-11(19)21-3-12)10(18)22-9-7(16)5(14)4(13)6(15)8(9)17/h11,19H,2-3H2,1H3. The summed E-state index contributed by atoms with van der Waals surface area (Å²) in [5.41, 5.74) is -1.60. The van der Waals surface area contributed by atoms with Gasteiger partial charge in [-0.2, -0.15) is 8.78 Å². The second-order valence-electron chi connectivity index (χ2n) is 4.78. The number of esters is 1. The highest BCUT2D eigenvalue weighted by Gasteiger charge is 2.42. The van der Waals surface area contributed by atoms with Gasteiger partial charge in [0.2, 0.25) is 34.8 Å². The summed E-state index contributed by atoms with van der Waals surface area (Å²) in [7, 11) is 0. The average Bonchev–Trinajstić information content (AvgIpc) is 2.50. The number of benzene rings is 1. The van der Waals surface area contributed by atoms with Gasteiger partial charge in [-0.05, 0) is 6.92 Å². The van der Waals surface area contributed by atoms with Crippen LogP contribution < -0.4 is 4.74 Å². The summed E-state index contributed by atoms with van der Waals surface area (Å²) in [4.78, 5) is 11.9. The maximum atomic E-state index is 13.4. The largest absolute Gasteiger partial charge is 0.419 e. The fraction of sp³-hybridized carbons (Fsp3) is 0.417. The summed E-state index contributed by atoms with van der Waals surface area (Å²) in [6.07, 6.45) is 0. The van der Waals surface area contributed by atoms with Crippen LogP contribution in [0.5, 0.6) is 5.75 Å². The highest BCUT2D eigenvalue weighted by atomic mass is 19.2. The minimum absolute atomic E-state index is 0.442. The number of halogens is 5. The van der Waals surface area contributed by atoms with Crippen molar-refractivity contribution in [1.29, 1.82) is 0 Å². The van der Waals surface area contributed by atoms with E-state index >= 15 is 0 Å². The molecule has 1 aromatic carbocycles. The molecular formula is C12H9F5O5. The van der Waals surface area contributed by atoms with Crippen LogP contribution >= 0.6 is 0 Å². The van der Waals surface area contributed by atoms with Crippen LogP contribution in [0.3, 0.4) is 0 Å². The number of carbonyl (C=O) groups is 1. The lowest BCUT2D eigenvalue weighted by atomic mass is 9.92. The molecule has 1 aliphatic rings. The third-order valence-corrected chi connectivity index (χ3v) is 2.95. The molecule has 10 heteroatoms. The third kappa shape index (κ3) is 2.76. The Kier molecular flexibility index (Phi) is 4.36. The maximum absolute atomic E-state index is 13.4. The molecule has 0 spiro atoms. The van der Waals surface area contributed by atoms with Crippen molar-refractivity contribution in [3.8, 4) is 5.75 Å². The molecule has 5 nitrogen and oxygen atoms in total. The number of hydrogen-bond donors (Lipinski definition) is 1. The molecule has 0 radical (unpaired) electrons. The minimum atomic E-state index is -2.37. The van der Waals surface area contributed by atoms with Gasteiger partial charge in [-0.25, -0.2) is 13.2 Å². The van der Waals surface area contributed by atoms with Crippen LogP contribution in [0, 0.1) is 34.5 Å². The lowest BCUT2D eigenvalue weighted by Crippen LogP contribution is -2.47. The number of rotatable bonds is 2. The van der Waals surface area contributed by atoms with E-state index in [1.165, 1.54) is 6.92 Å². The molecule has 1 fully saturated rings. The van der Waals surface area contributed by atoms with Gasteiger partial charge in [0, 0.05) is 0 Å². The highest BCUT2D eigenvalue weighted by Crippen LogP contribution is 2.32. The molecule has 1 N–H and O–H groups in total. The zero-order chi connectivity index (χ0) is 16.7. The first-order valence-corrected chi connectivity index (χ1v) is 5.82. The van der Waals surface area contributed by atoms with E-state index < -0.39 is 65.9 Å². The highest BCUT2D eigenvalue weighted by molar-refractivity contribution is 5.79. The summed E-state index contributed by atoms with van der Waals surface area (Å²) < 4.78 is 79.2. The molecule has 0 unspecified atom stereocenters. The Morgan fingerprint density at radius 3 is 1.91 bits per heavy atom. The molecule has 0 aromatic heterocycles. The first-order valence-electron chi connectivity index (χ1n) is 5.82. The molecule has 0 amide bonds. The van der Waals surface area contributed by atoms with Gasteiger partial charge in [0.05, 0.1) is 13.2 Å². The summed E-state index contributed by atoms with van der Waals surface area (Å²) in [6.45, 7) is -1.27. The van der Waals surface area contributed by atoms with E-state index in [9.17, 15) is 26.7 Å². The number of carbonyl (C=O) groups excluding carboxylic acids is 1. The van der Waals surface area contributed by atoms with Gasteiger partial charge >= 0.3 is 5.97 Å². The number of hydrogen-bond acceptors (Lipinski definition) is 5. The van der Waals surface area contributed by atoms with E-state index in [-0.39, 0.29) is 0 Å². The summed E-state index contributed by atoms with van der Waals surface area (Å²) >= 11 is 0. The quantitative estimate of drug-likeness (QED) is 0.294. The predicted molar refractivity (Wildman–Crippen MR) is 57.9 cm³/mol. The normalized spacial score (nSPS) is 25.1. The maximum Gasteiger partial charge on any atom is 0.322 e. The van der Waals surface area contributed by atoms with E-state index in [1.807, 2.05) is 0 Å². The van der Waals surface area contributed by atoms with Crippen LogP contribution in [0.15, 0.2) is 0 Å². The summed E-state index contributed by atoms with van der Waals surface area (Å²) in [5, 5.41) is 8.95. The van der Waals surface area contributed by atoms with Crippen molar-refractivity contribution in [3.05, 3.63) is 29.1 Å². The van der Waals surface area contributed by atoms with Gasteiger partial charge in [0.1, 0.15) is 5.41 Å². The molecule has 1 aromatic rings. The zero-order valence-electron chi connectivity index (χ0n) is 11.0. The Labute approximate surface area is 120 Å². The molecule has 22 heavy (non-hydrogen) atoms. The Bertz CT molecular complexity index is 583. The molecular weight excluding hydrogens is 319 g/mol. The van der Waals surface area contributed by atoms with Crippen LogP contribution in [-0.4, -0.2) is 30.8 Å². The molecule has 2 rings (SSSR count). The van der Waals surface area contributed by atoms with Crippen molar-refractivity contribution < 1.29 is 46.1 Å². The van der Waals surface area contributed by atoms with Gasteiger partial charge in [-0.15, -0.1) is 0 Å². The van der Waals surface area contributed by atoms with E-state index in [0.717, 1.165) is 0 Å². The molecule has 0 atom stereocenters. The number of aliphatic hydroxyl groups excluding tert-OH is 1. The van der Waals surface area contributed by atoms with Crippen LogP contribution in [0.2, 0.25) is 0 Å². The van der Waals surface area contributed by atoms with Crippen molar-refractivity contribution in [1.82, 2.24) is 0 Å². The monoisotopic (exact) mass is 328 g/mol. The van der Waals surface area contributed by atoms with Crippen LogP contribution in [0.1, 0.15) is 6.92 Å². The molecule has 122 valence electrons. The van der Waals surface area contributed by atoms with Crippen molar-refractivity contribution in [2.45, 2.75) is 13.4 Å². The first kappa shape index (κ1) is 16.6. The molecule has 0 aliphatic carbocycles. The second-order valence-corrected chi connectivity index (χ2v) is 4.78. The van der Waals surface area contributed by atoms with E-state index in [1.54, 1.807) is 0 Å². The fourth-order valence-electron chi connectivity index (χ4n) is 1.61. The van der Waals surface area contributed by atoms with Gasteiger partial charge < -0.3 is 19.3 Å². The molecule has 0 saturated carbocycles. The van der Waals surface area contributed by atoms with E-state index in [0.29, 0.717) is 0 Å². The van der Waals surface area contributed by atoms with Gasteiger partial charge in [-0.1, -0.05) is 0 Å². The number of ether oxygens (including phenoxy) is 3. The van der Waals surface area contributed by atoms with Gasteiger partial charge in [-0.3, -0.25) is 4.79 Å². The Morgan fingerprint density at radius 2 is 1.45 bits per heavy atom. The molecule has 1 heterocycles. The topological polar surface area (TPSA) is 65.0 Å². The molecule has 1 aliphatic heterocycles. The third-order valence-electron chi connectivity index (χ3n) is 2.95. The van der Waals surface area contributed by atoms with E-state index in [2.05, 4.69) is 14.2 Å². The van der Waals surface area contributed by atoms with Crippen molar-refractivity contribution in [2.24, 2.45) is 5.41 Å². The summed E-state index contributed by atoms with van der Waals surface area (Å²) in [5.74, 6) is -14.4. The predicted octanol–water partition coefficient (Wildman–Crippen LogP) is 1.62. The lowest BCUT2D eigenvalue weighted by molar-refractivity contribution is -0.314. The van der Waals surface area contributed by atoms with Gasteiger partial charge in [0.25, 0.3) is 6.48 Å². The average molecular weight is 328 g/mol. The van der Waals surface area contributed by atoms with Crippen LogP contribution in [-0.2, 0) is 14.3 Å². The number of aliphatic hydroxyl groups is 1. The second kappa shape index (κ2) is 5.78. The molecule has 1 saturated heterocycles. The zero-order valence-corrected chi connectivity index (χ0v) is 11.0. The van der Waals surface area contributed by atoms with Crippen LogP contribution in [0.4, 0.5) is 22.0 Å². The van der Waals surface area contributed by atoms with E-state index in [4.69, 9.17) is 5.11 Å². The Morgan fingerprint density at radius 1 is 1.05 bits per heavy atom. The van der Waals surface area contributed by atoms with Crippen LogP contribution in [0.25, 0.3) is 0 Å². The Balaban J connectivity index is 2.30. The first-order chi connectivity index (χ1) is 10.2. The van der Waals surface area contributed by atoms with Gasteiger partial charge in [0.15, 0.2) is 0 Å². The van der Waals surface area contributed by atoms with Crippen molar-refractivity contribution in [3.63, 3.8) is 0 Å². The SMILES string of the molecule is CC1(C(=O)Oc2c(F)c(F)c(F)c(F)c2F)COC(O)OC1. The molecule has 0 bridgehead atoms. The smallest absolute Gasteiger partial charge is 0.322 e. The fourth-order valence-corrected chi connectivity index (χ4v) is 1.61. The lowest BCUT2D eigenvalue weighted by Gasteiger charge is -2.32. The Hall–Kier alpha value is -1.78. The van der Waals surface area contributed by atoms with Crippen molar-refractivity contribution in [2.75, 3.05) is 13.2 Å².